The average Bonchev–Trinajstić information content (AvgIpc) is 2.60. The van der Waals surface area contributed by atoms with Gasteiger partial charge in [-0.3, -0.25) is 0 Å². The van der Waals surface area contributed by atoms with E-state index in [1.54, 1.807) is 6.92 Å². The molecule has 144 valence electrons. The molecule has 0 fully saturated rings. The van der Waals surface area contributed by atoms with E-state index in [0.29, 0.717) is 13.2 Å². The van der Waals surface area contributed by atoms with Crippen LogP contribution in [0.4, 0.5) is 0 Å². The van der Waals surface area contributed by atoms with Crippen LogP contribution in [0.2, 0.25) is 0 Å². The molecular formula is C24H30O3. The van der Waals surface area contributed by atoms with Crippen molar-refractivity contribution in [3.8, 4) is 5.75 Å². The van der Waals surface area contributed by atoms with Crippen molar-refractivity contribution in [2.24, 2.45) is 0 Å². The Morgan fingerprint density at radius 3 is 2.67 bits per heavy atom. The van der Waals surface area contributed by atoms with E-state index in [-0.39, 0.29) is 11.4 Å². The number of ether oxygens (including phenoxy) is 2. The van der Waals surface area contributed by atoms with Crippen LogP contribution in [0.3, 0.4) is 0 Å². The van der Waals surface area contributed by atoms with Gasteiger partial charge < -0.3 is 9.47 Å². The molecule has 1 heterocycles. The first-order valence-electron chi connectivity index (χ1n) is 9.39. The Kier molecular flexibility index (Phi) is 6.84. The maximum Gasteiger partial charge on any atom is 0.330 e. The van der Waals surface area contributed by atoms with E-state index in [4.69, 9.17) is 9.47 Å². The van der Waals surface area contributed by atoms with Crippen molar-refractivity contribution < 1.29 is 14.3 Å². The molecule has 0 aromatic heterocycles. The Morgan fingerprint density at radius 2 is 2.00 bits per heavy atom. The Labute approximate surface area is 163 Å². The first-order chi connectivity index (χ1) is 12.7. The van der Waals surface area contributed by atoms with Crippen molar-refractivity contribution in [2.45, 2.75) is 47.0 Å². The summed E-state index contributed by atoms with van der Waals surface area (Å²) in [6, 6.07) is 6.41. The number of allylic oxidation sites excluding steroid dienone is 4. The first kappa shape index (κ1) is 20.8. The number of rotatable bonds is 5. The Morgan fingerprint density at radius 1 is 1.26 bits per heavy atom. The Bertz CT molecular complexity index is 815. The van der Waals surface area contributed by atoms with Gasteiger partial charge in [-0.25, -0.2) is 4.79 Å². The van der Waals surface area contributed by atoms with Crippen molar-refractivity contribution in [1.29, 1.82) is 0 Å². The molecule has 0 saturated heterocycles. The van der Waals surface area contributed by atoms with Gasteiger partial charge in [0.05, 0.1) is 6.61 Å². The summed E-state index contributed by atoms with van der Waals surface area (Å²) < 4.78 is 10.8. The van der Waals surface area contributed by atoms with Crippen molar-refractivity contribution in [3.63, 3.8) is 0 Å². The van der Waals surface area contributed by atoms with Crippen LogP contribution in [0.5, 0.6) is 5.75 Å². The summed E-state index contributed by atoms with van der Waals surface area (Å²) >= 11 is 0. The van der Waals surface area contributed by atoms with Crippen LogP contribution >= 0.6 is 0 Å². The molecule has 1 aliphatic heterocycles. The van der Waals surface area contributed by atoms with E-state index < -0.39 is 0 Å². The van der Waals surface area contributed by atoms with Crippen LogP contribution in [0.25, 0.3) is 6.08 Å². The topological polar surface area (TPSA) is 35.5 Å². The Balaban J connectivity index is 2.16. The molecule has 0 spiro atoms. The molecule has 27 heavy (non-hydrogen) atoms. The molecule has 1 aromatic carbocycles. The summed E-state index contributed by atoms with van der Waals surface area (Å²) in [6.07, 6.45) is 9.58. The molecule has 0 aliphatic carbocycles. The second-order valence-electron chi connectivity index (χ2n) is 7.81. The van der Waals surface area contributed by atoms with E-state index in [0.717, 1.165) is 28.0 Å². The molecular weight excluding hydrogens is 336 g/mol. The quantitative estimate of drug-likeness (QED) is 0.377. The SMILES string of the molecule is CCOC(=O)/C=C(C)/C=C/C=C(\C)C1=Cc2cc(C(C)(C)C)ccc2OC1. The number of hydrogen-bond donors (Lipinski definition) is 0. The molecule has 1 aliphatic rings. The highest BCUT2D eigenvalue weighted by molar-refractivity contribution is 5.83. The van der Waals surface area contributed by atoms with Crippen LogP contribution in [-0.4, -0.2) is 19.2 Å². The van der Waals surface area contributed by atoms with E-state index in [1.807, 2.05) is 25.2 Å². The number of carbonyl (C=O) groups excluding carboxylic acids is 1. The minimum Gasteiger partial charge on any atom is -0.488 e. The Hall–Kier alpha value is -2.55. The number of fused-ring (bicyclic) bond motifs is 1. The highest BCUT2D eigenvalue weighted by Crippen LogP contribution is 2.33. The van der Waals surface area contributed by atoms with Gasteiger partial charge in [-0.1, -0.05) is 45.1 Å². The second-order valence-corrected chi connectivity index (χ2v) is 7.81. The van der Waals surface area contributed by atoms with Crippen molar-refractivity contribution in [2.75, 3.05) is 13.2 Å². The number of esters is 1. The van der Waals surface area contributed by atoms with Gasteiger partial charge in [0.15, 0.2) is 0 Å². The van der Waals surface area contributed by atoms with Gasteiger partial charge in [-0.05, 0) is 66.7 Å². The third-order valence-electron chi connectivity index (χ3n) is 4.43. The molecule has 3 nitrogen and oxygen atoms in total. The minimum absolute atomic E-state index is 0.108. The molecule has 1 aromatic rings. The zero-order chi connectivity index (χ0) is 20.0. The van der Waals surface area contributed by atoms with Gasteiger partial charge in [0, 0.05) is 11.6 Å². The zero-order valence-electron chi connectivity index (χ0n) is 17.3. The predicted molar refractivity (Wildman–Crippen MR) is 112 cm³/mol. The fraction of sp³-hybridized carbons (Fsp3) is 0.375. The lowest BCUT2D eigenvalue weighted by Crippen LogP contribution is -2.13. The largest absolute Gasteiger partial charge is 0.488 e. The van der Waals surface area contributed by atoms with Gasteiger partial charge in [-0.15, -0.1) is 0 Å². The fourth-order valence-electron chi connectivity index (χ4n) is 2.74. The minimum atomic E-state index is -0.310. The molecule has 0 amide bonds. The standard InChI is InChI=1S/C24H30O3/c1-7-26-23(25)13-17(2)9-8-10-18(3)20-14-19-15-21(24(4,5)6)11-12-22(19)27-16-20/h8-15H,7,16H2,1-6H3/b9-8+,17-13+,18-10+. The lowest BCUT2D eigenvalue weighted by molar-refractivity contribution is -0.137. The third kappa shape index (κ3) is 5.99. The van der Waals surface area contributed by atoms with Gasteiger partial charge in [0.25, 0.3) is 0 Å². The maximum absolute atomic E-state index is 11.4. The van der Waals surface area contributed by atoms with Crippen molar-refractivity contribution in [1.82, 2.24) is 0 Å². The monoisotopic (exact) mass is 366 g/mol. The summed E-state index contributed by atoms with van der Waals surface area (Å²) in [4.78, 5) is 11.4. The average molecular weight is 367 g/mol. The van der Waals surface area contributed by atoms with Crippen molar-refractivity contribution in [3.05, 3.63) is 70.3 Å². The van der Waals surface area contributed by atoms with E-state index in [9.17, 15) is 4.79 Å². The zero-order valence-corrected chi connectivity index (χ0v) is 17.3. The summed E-state index contributed by atoms with van der Waals surface area (Å²) in [5.74, 6) is 0.623. The maximum atomic E-state index is 11.4. The third-order valence-corrected chi connectivity index (χ3v) is 4.43. The van der Waals surface area contributed by atoms with E-state index >= 15 is 0 Å². The highest BCUT2D eigenvalue weighted by Gasteiger charge is 2.18. The number of hydrogen-bond acceptors (Lipinski definition) is 3. The van der Waals surface area contributed by atoms with Crippen LogP contribution in [0.1, 0.15) is 52.7 Å². The molecule has 0 N–H and O–H groups in total. The highest BCUT2D eigenvalue weighted by atomic mass is 16.5. The first-order valence-corrected chi connectivity index (χ1v) is 9.39. The molecule has 0 unspecified atom stereocenters. The van der Waals surface area contributed by atoms with Crippen LogP contribution in [0, 0.1) is 0 Å². The van der Waals surface area contributed by atoms with Gasteiger partial charge in [0.1, 0.15) is 12.4 Å². The molecule has 0 radical (unpaired) electrons. The smallest absolute Gasteiger partial charge is 0.330 e. The molecule has 3 heteroatoms. The van der Waals surface area contributed by atoms with Crippen LogP contribution in [-0.2, 0) is 14.9 Å². The van der Waals surface area contributed by atoms with Crippen LogP contribution in [0.15, 0.2) is 59.2 Å². The number of benzene rings is 1. The second kappa shape index (κ2) is 8.90. The normalized spacial score (nSPS) is 15.3. The van der Waals surface area contributed by atoms with Crippen molar-refractivity contribution >= 4 is 12.0 Å². The fourth-order valence-corrected chi connectivity index (χ4v) is 2.74. The van der Waals surface area contributed by atoms with E-state index in [1.165, 1.54) is 11.6 Å². The summed E-state index contributed by atoms with van der Waals surface area (Å²) in [7, 11) is 0. The van der Waals surface area contributed by atoms with Gasteiger partial charge in [0.2, 0.25) is 0 Å². The van der Waals surface area contributed by atoms with Crippen LogP contribution < -0.4 is 4.74 Å². The molecule has 0 bridgehead atoms. The molecule has 0 saturated carbocycles. The summed E-state index contributed by atoms with van der Waals surface area (Å²) in [5, 5.41) is 0. The predicted octanol–water partition coefficient (Wildman–Crippen LogP) is 5.77. The lowest BCUT2D eigenvalue weighted by Gasteiger charge is -2.23. The van der Waals surface area contributed by atoms with Gasteiger partial charge >= 0.3 is 5.97 Å². The summed E-state index contributed by atoms with van der Waals surface area (Å²) in [6.45, 7) is 13.3. The number of carbonyl (C=O) groups is 1. The molecule has 2 rings (SSSR count). The molecule has 0 atom stereocenters. The lowest BCUT2D eigenvalue weighted by atomic mass is 9.85. The van der Waals surface area contributed by atoms with E-state index in [2.05, 4.69) is 52.0 Å². The summed E-state index contributed by atoms with van der Waals surface area (Å²) in [5.41, 5.74) is 5.68. The van der Waals surface area contributed by atoms with Gasteiger partial charge in [-0.2, -0.15) is 0 Å².